The van der Waals surface area contributed by atoms with Gasteiger partial charge in [-0.15, -0.1) is 10.2 Å². The molecule has 0 amide bonds. The molecule has 0 aliphatic carbocycles. The van der Waals surface area contributed by atoms with Crippen LogP contribution in [0, 0.1) is 6.92 Å². The van der Waals surface area contributed by atoms with E-state index in [0.29, 0.717) is 11.8 Å². The van der Waals surface area contributed by atoms with Crippen LogP contribution < -0.4 is 4.74 Å². The summed E-state index contributed by atoms with van der Waals surface area (Å²) in [5.41, 5.74) is 2.07. The topological polar surface area (TPSA) is 48.2 Å². The summed E-state index contributed by atoms with van der Waals surface area (Å²) in [5.74, 6) is 1.71. The second kappa shape index (κ2) is 6.10. The van der Waals surface area contributed by atoms with Gasteiger partial charge in [0.1, 0.15) is 5.75 Å². The molecule has 2 aromatic carbocycles. The number of hydrogen-bond donors (Lipinski definition) is 0. The van der Waals surface area contributed by atoms with Crippen molar-refractivity contribution in [3.63, 3.8) is 0 Å². The standard InChI is InChI=1S/C16H13BrN2O2/c1-11-5-7-14(8-6-11)20-10-15-18-19-16(21-15)12-3-2-4-13(17)9-12/h2-9H,10H2,1H3. The largest absolute Gasteiger partial charge is 0.484 e. The minimum Gasteiger partial charge on any atom is -0.484 e. The van der Waals surface area contributed by atoms with Gasteiger partial charge in [-0.1, -0.05) is 39.7 Å². The minimum absolute atomic E-state index is 0.254. The second-order valence-electron chi connectivity index (χ2n) is 4.61. The van der Waals surface area contributed by atoms with E-state index in [-0.39, 0.29) is 6.61 Å². The highest BCUT2D eigenvalue weighted by Crippen LogP contribution is 2.22. The third-order valence-corrected chi connectivity index (χ3v) is 3.41. The summed E-state index contributed by atoms with van der Waals surface area (Å²) in [6, 6.07) is 15.5. The number of aromatic nitrogens is 2. The Morgan fingerprint density at radius 1 is 1.10 bits per heavy atom. The molecule has 1 aromatic heterocycles. The van der Waals surface area contributed by atoms with Crippen LogP contribution >= 0.6 is 15.9 Å². The van der Waals surface area contributed by atoms with Gasteiger partial charge in [0.15, 0.2) is 6.61 Å². The molecule has 0 atom stereocenters. The van der Waals surface area contributed by atoms with Crippen molar-refractivity contribution < 1.29 is 9.15 Å². The van der Waals surface area contributed by atoms with Crippen LogP contribution in [-0.2, 0) is 6.61 Å². The molecule has 0 aliphatic rings. The van der Waals surface area contributed by atoms with Crippen molar-refractivity contribution in [3.8, 4) is 17.2 Å². The second-order valence-corrected chi connectivity index (χ2v) is 5.53. The molecule has 1 heterocycles. The summed E-state index contributed by atoms with van der Waals surface area (Å²) in [7, 11) is 0. The molecule has 106 valence electrons. The normalized spacial score (nSPS) is 10.6. The van der Waals surface area contributed by atoms with Gasteiger partial charge in [-0.25, -0.2) is 0 Å². The molecule has 3 rings (SSSR count). The number of benzene rings is 2. The van der Waals surface area contributed by atoms with E-state index in [1.807, 2.05) is 55.5 Å². The average Bonchev–Trinajstić information content (AvgIpc) is 2.96. The van der Waals surface area contributed by atoms with E-state index in [1.165, 1.54) is 5.56 Å². The van der Waals surface area contributed by atoms with Gasteiger partial charge in [-0.3, -0.25) is 0 Å². The highest BCUT2D eigenvalue weighted by molar-refractivity contribution is 9.10. The fourth-order valence-corrected chi connectivity index (χ4v) is 2.23. The first kappa shape index (κ1) is 13.8. The Kier molecular flexibility index (Phi) is 4.01. The molecule has 4 nitrogen and oxygen atoms in total. The molecular formula is C16H13BrN2O2. The Hall–Kier alpha value is -2.14. The lowest BCUT2D eigenvalue weighted by atomic mass is 10.2. The molecule has 0 bridgehead atoms. The van der Waals surface area contributed by atoms with E-state index in [1.54, 1.807) is 0 Å². The number of rotatable bonds is 4. The SMILES string of the molecule is Cc1ccc(OCc2nnc(-c3cccc(Br)c3)o2)cc1. The highest BCUT2D eigenvalue weighted by Gasteiger charge is 2.09. The monoisotopic (exact) mass is 344 g/mol. The molecule has 5 heteroatoms. The van der Waals surface area contributed by atoms with Gasteiger partial charge in [0.2, 0.25) is 5.89 Å². The van der Waals surface area contributed by atoms with Crippen LogP contribution in [0.2, 0.25) is 0 Å². The predicted molar refractivity (Wildman–Crippen MR) is 82.9 cm³/mol. The molecule has 0 fully saturated rings. The van der Waals surface area contributed by atoms with Crippen LogP contribution in [0.3, 0.4) is 0 Å². The quantitative estimate of drug-likeness (QED) is 0.704. The van der Waals surface area contributed by atoms with Crippen LogP contribution in [0.4, 0.5) is 0 Å². The number of hydrogen-bond acceptors (Lipinski definition) is 4. The summed E-state index contributed by atoms with van der Waals surface area (Å²) in [4.78, 5) is 0. The van der Waals surface area contributed by atoms with Crippen LogP contribution in [0.1, 0.15) is 11.5 Å². The van der Waals surface area contributed by atoms with E-state index in [0.717, 1.165) is 15.8 Å². The van der Waals surface area contributed by atoms with Crippen LogP contribution in [0.5, 0.6) is 5.75 Å². The van der Waals surface area contributed by atoms with Gasteiger partial charge in [0.05, 0.1) is 0 Å². The lowest BCUT2D eigenvalue weighted by molar-refractivity contribution is 0.264. The van der Waals surface area contributed by atoms with Gasteiger partial charge in [0, 0.05) is 10.0 Å². The van der Waals surface area contributed by atoms with Gasteiger partial charge < -0.3 is 9.15 Å². The van der Waals surface area contributed by atoms with Gasteiger partial charge in [-0.05, 0) is 37.3 Å². The van der Waals surface area contributed by atoms with Crippen LogP contribution in [-0.4, -0.2) is 10.2 Å². The van der Waals surface area contributed by atoms with Gasteiger partial charge in [0.25, 0.3) is 5.89 Å². The molecule has 0 N–H and O–H groups in total. The molecule has 0 radical (unpaired) electrons. The van der Waals surface area contributed by atoms with Crippen molar-refractivity contribution in [2.24, 2.45) is 0 Å². The van der Waals surface area contributed by atoms with Crippen LogP contribution in [0.15, 0.2) is 57.4 Å². The average molecular weight is 345 g/mol. The molecule has 0 saturated heterocycles. The van der Waals surface area contributed by atoms with Gasteiger partial charge >= 0.3 is 0 Å². The van der Waals surface area contributed by atoms with E-state index >= 15 is 0 Å². The lowest BCUT2D eigenvalue weighted by Crippen LogP contribution is -1.95. The molecule has 3 aromatic rings. The van der Waals surface area contributed by atoms with Crippen molar-refractivity contribution in [2.45, 2.75) is 13.5 Å². The van der Waals surface area contributed by atoms with E-state index in [4.69, 9.17) is 9.15 Å². The van der Waals surface area contributed by atoms with Crippen LogP contribution in [0.25, 0.3) is 11.5 Å². The first-order valence-corrected chi connectivity index (χ1v) is 7.28. The Morgan fingerprint density at radius 2 is 1.90 bits per heavy atom. The number of nitrogens with zero attached hydrogens (tertiary/aromatic N) is 2. The van der Waals surface area contributed by atoms with E-state index in [2.05, 4.69) is 26.1 Å². The summed E-state index contributed by atoms with van der Waals surface area (Å²) in [5, 5.41) is 8.03. The summed E-state index contributed by atoms with van der Waals surface area (Å²) in [6.45, 7) is 2.29. The maximum Gasteiger partial charge on any atom is 0.254 e. The lowest BCUT2D eigenvalue weighted by Gasteiger charge is -2.02. The molecule has 21 heavy (non-hydrogen) atoms. The van der Waals surface area contributed by atoms with Crippen molar-refractivity contribution in [3.05, 3.63) is 64.5 Å². The molecule has 0 saturated carbocycles. The van der Waals surface area contributed by atoms with Crippen molar-refractivity contribution in [2.75, 3.05) is 0 Å². The smallest absolute Gasteiger partial charge is 0.254 e. The van der Waals surface area contributed by atoms with Gasteiger partial charge in [-0.2, -0.15) is 0 Å². The fourth-order valence-electron chi connectivity index (χ4n) is 1.83. The van der Waals surface area contributed by atoms with Crippen molar-refractivity contribution >= 4 is 15.9 Å². The predicted octanol–water partition coefficient (Wildman–Crippen LogP) is 4.39. The van der Waals surface area contributed by atoms with Crippen molar-refractivity contribution in [1.82, 2.24) is 10.2 Å². The Labute approximate surface area is 130 Å². The first-order valence-electron chi connectivity index (χ1n) is 6.48. The number of aryl methyl sites for hydroxylation is 1. The third kappa shape index (κ3) is 3.49. The zero-order valence-electron chi connectivity index (χ0n) is 11.4. The number of ether oxygens (including phenoxy) is 1. The first-order chi connectivity index (χ1) is 10.2. The van der Waals surface area contributed by atoms with E-state index in [9.17, 15) is 0 Å². The third-order valence-electron chi connectivity index (χ3n) is 2.92. The zero-order chi connectivity index (χ0) is 14.7. The summed E-state index contributed by atoms with van der Waals surface area (Å²) >= 11 is 3.42. The zero-order valence-corrected chi connectivity index (χ0v) is 13.0. The summed E-state index contributed by atoms with van der Waals surface area (Å²) < 4.78 is 12.2. The fraction of sp³-hybridized carbons (Fsp3) is 0.125. The minimum atomic E-state index is 0.254. The number of halogens is 1. The highest BCUT2D eigenvalue weighted by atomic mass is 79.9. The Morgan fingerprint density at radius 3 is 2.67 bits per heavy atom. The maximum atomic E-state index is 5.61. The summed E-state index contributed by atoms with van der Waals surface area (Å²) in [6.07, 6.45) is 0. The molecule has 0 aliphatic heterocycles. The van der Waals surface area contributed by atoms with E-state index < -0.39 is 0 Å². The maximum absolute atomic E-state index is 5.61. The Balaban J connectivity index is 1.69. The molecular weight excluding hydrogens is 332 g/mol. The van der Waals surface area contributed by atoms with Crippen molar-refractivity contribution in [1.29, 1.82) is 0 Å². The molecule has 0 unspecified atom stereocenters. The molecule has 0 spiro atoms. The Bertz CT molecular complexity index is 738.